The van der Waals surface area contributed by atoms with Gasteiger partial charge >= 0.3 is 6.09 Å². The van der Waals surface area contributed by atoms with E-state index in [0.717, 1.165) is 27.7 Å². The summed E-state index contributed by atoms with van der Waals surface area (Å²) in [6.07, 6.45) is 1.16. The number of nitrogens with one attached hydrogen (secondary N) is 1. The quantitative estimate of drug-likeness (QED) is 0.509. The van der Waals surface area contributed by atoms with Crippen molar-refractivity contribution in [3.05, 3.63) is 42.0 Å². The summed E-state index contributed by atoms with van der Waals surface area (Å²) in [5, 5.41) is 0.836. The number of pyridine rings is 1. The van der Waals surface area contributed by atoms with E-state index in [4.69, 9.17) is 4.74 Å². The monoisotopic (exact) mass is 409 g/mol. The fourth-order valence-corrected chi connectivity index (χ4v) is 3.48. The Balaban J connectivity index is 1.90. The number of benzene rings is 1. The lowest BCUT2D eigenvalue weighted by Crippen LogP contribution is -2.34. The largest absolute Gasteiger partial charge is 0.443 e. The molecule has 7 nitrogen and oxygen atoms in total. The van der Waals surface area contributed by atoms with Gasteiger partial charge in [0, 0.05) is 30.7 Å². The van der Waals surface area contributed by atoms with E-state index in [1.165, 1.54) is 17.0 Å². The molecule has 0 atom stereocenters. The molecule has 0 unspecified atom stereocenters. The van der Waals surface area contributed by atoms with Gasteiger partial charge in [-0.05, 0) is 57.5 Å². The second-order valence-corrected chi connectivity index (χ2v) is 8.49. The van der Waals surface area contributed by atoms with E-state index in [1.54, 1.807) is 13.4 Å². The molecule has 156 valence electrons. The molecule has 8 heteroatoms. The van der Waals surface area contributed by atoms with Gasteiger partial charge in [-0.15, -0.1) is 0 Å². The van der Waals surface area contributed by atoms with Crippen LogP contribution in [0.3, 0.4) is 0 Å². The minimum absolute atomic E-state index is 0.298. The van der Waals surface area contributed by atoms with E-state index in [9.17, 15) is 9.18 Å². The van der Waals surface area contributed by atoms with Crippen LogP contribution < -0.4 is 4.90 Å². The molecule has 3 heterocycles. The minimum Gasteiger partial charge on any atom is -0.443 e. The van der Waals surface area contributed by atoms with Crippen LogP contribution in [-0.4, -0.2) is 38.3 Å². The molecular weight excluding hydrogens is 385 g/mol. The second kappa shape index (κ2) is 6.83. The van der Waals surface area contributed by atoms with Gasteiger partial charge in [0.2, 0.25) is 0 Å². The molecule has 0 saturated carbocycles. The maximum atomic E-state index is 13.9. The summed E-state index contributed by atoms with van der Waals surface area (Å²) in [5.74, 6) is 0.0869. The number of ether oxygens (including phenoxy) is 1. The van der Waals surface area contributed by atoms with Gasteiger partial charge in [0.1, 0.15) is 22.6 Å². The third kappa shape index (κ3) is 3.49. The van der Waals surface area contributed by atoms with Gasteiger partial charge in [0.25, 0.3) is 0 Å². The van der Waals surface area contributed by atoms with Gasteiger partial charge in [-0.1, -0.05) is 0 Å². The van der Waals surface area contributed by atoms with Crippen molar-refractivity contribution in [2.45, 2.75) is 33.3 Å². The van der Waals surface area contributed by atoms with Gasteiger partial charge < -0.3 is 14.3 Å². The normalized spacial score (nSPS) is 12.0. The predicted octanol–water partition coefficient (Wildman–Crippen LogP) is 4.94. The molecule has 1 amide bonds. The molecule has 0 aliphatic rings. The van der Waals surface area contributed by atoms with E-state index in [-0.39, 0.29) is 5.82 Å². The highest BCUT2D eigenvalue weighted by Gasteiger charge is 2.25. The van der Waals surface area contributed by atoms with Crippen molar-refractivity contribution >= 4 is 34.0 Å². The first-order valence-corrected chi connectivity index (χ1v) is 9.61. The number of aromatic amines is 1. The summed E-state index contributed by atoms with van der Waals surface area (Å²) in [5.41, 5.74) is 3.64. The van der Waals surface area contributed by atoms with Crippen LogP contribution in [0.15, 0.2) is 30.6 Å². The first-order chi connectivity index (χ1) is 14.0. The Labute approximate surface area is 173 Å². The molecule has 0 bridgehead atoms. The van der Waals surface area contributed by atoms with Crippen molar-refractivity contribution in [1.29, 1.82) is 0 Å². The van der Waals surface area contributed by atoms with Crippen LogP contribution >= 0.6 is 0 Å². The predicted molar refractivity (Wildman–Crippen MR) is 115 cm³/mol. The first kappa shape index (κ1) is 19.9. The molecule has 4 rings (SSSR count). The maximum absolute atomic E-state index is 13.9. The highest BCUT2D eigenvalue weighted by molar-refractivity contribution is 6.09. The second-order valence-electron chi connectivity index (χ2n) is 8.49. The van der Waals surface area contributed by atoms with Crippen LogP contribution in [0, 0.1) is 12.7 Å². The number of amides is 1. The summed E-state index contributed by atoms with van der Waals surface area (Å²) < 4.78 is 21.3. The van der Waals surface area contributed by atoms with Crippen molar-refractivity contribution in [2.75, 3.05) is 11.9 Å². The number of halogens is 1. The Morgan fingerprint density at radius 3 is 2.63 bits per heavy atom. The van der Waals surface area contributed by atoms with Crippen LogP contribution in [0.5, 0.6) is 0 Å². The Morgan fingerprint density at radius 2 is 1.97 bits per heavy atom. The molecule has 0 aliphatic carbocycles. The SMILES string of the molecule is Cc1cc(F)cc(-c2cc3c(nc(N(C)C(=O)OC(C)(C)C)c4ncn(C)c43)[nH]2)c1. The summed E-state index contributed by atoms with van der Waals surface area (Å²) >= 11 is 0. The summed E-state index contributed by atoms with van der Waals surface area (Å²) in [6, 6.07) is 6.79. The number of rotatable bonds is 2. The summed E-state index contributed by atoms with van der Waals surface area (Å²) in [7, 11) is 3.49. The number of imidazole rings is 1. The van der Waals surface area contributed by atoms with Gasteiger partial charge in [-0.2, -0.15) is 0 Å². The third-order valence-corrected chi connectivity index (χ3v) is 4.76. The lowest BCUT2D eigenvalue weighted by molar-refractivity contribution is 0.0588. The molecule has 4 aromatic rings. The summed E-state index contributed by atoms with van der Waals surface area (Å²) in [4.78, 5) is 26.4. The molecule has 0 saturated heterocycles. The van der Waals surface area contributed by atoms with E-state index in [1.807, 2.05) is 51.4 Å². The van der Waals surface area contributed by atoms with Gasteiger partial charge in [0.15, 0.2) is 5.82 Å². The number of carbonyl (C=O) groups excluding carboxylic acids is 1. The number of anilines is 1. The number of fused-ring (bicyclic) bond motifs is 3. The van der Waals surface area contributed by atoms with Crippen molar-refractivity contribution in [1.82, 2.24) is 19.5 Å². The molecule has 1 aromatic carbocycles. The Morgan fingerprint density at radius 1 is 1.23 bits per heavy atom. The average Bonchev–Trinajstić information content (AvgIpc) is 3.21. The summed E-state index contributed by atoms with van der Waals surface area (Å²) in [6.45, 7) is 7.28. The average molecular weight is 409 g/mol. The van der Waals surface area contributed by atoms with E-state index in [0.29, 0.717) is 17.0 Å². The van der Waals surface area contributed by atoms with E-state index >= 15 is 0 Å². The molecule has 0 fully saturated rings. The van der Waals surface area contributed by atoms with Crippen LogP contribution in [0.4, 0.5) is 15.0 Å². The number of aromatic nitrogens is 4. The van der Waals surface area contributed by atoms with Crippen LogP contribution in [-0.2, 0) is 11.8 Å². The Bertz CT molecular complexity index is 1260. The van der Waals surface area contributed by atoms with Crippen LogP contribution in [0.1, 0.15) is 26.3 Å². The maximum Gasteiger partial charge on any atom is 0.415 e. The van der Waals surface area contributed by atoms with Crippen LogP contribution in [0.2, 0.25) is 0 Å². The van der Waals surface area contributed by atoms with E-state index < -0.39 is 11.7 Å². The molecule has 3 aromatic heterocycles. The van der Waals surface area contributed by atoms with Crippen molar-refractivity contribution in [2.24, 2.45) is 7.05 Å². The zero-order valence-electron chi connectivity index (χ0n) is 17.9. The fraction of sp³-hybridized carbons (Fsp3) is 0.318. The molecule has 30 heavy (non-hydrogen) atoms. The fourth-order valence-electron chi connectivity index (χ4n) is 3.48. The number of hydrogen-bond donors (Lipinski definition) is 1. The molecule has 0 spiro atoms. The number of hydrogen-bond acceptors (Lipinski definition) is 4. The lowest BCUT2D eigenvalue weighted by Gasteiger charge is -2.24. The zero-order chi connectivity index (χ0) is 21.8. The standard InChI is InChI=1S/C22H24FN5O2/c1-12-7-13(9-14(23)8-12)16-10-15-18-17(24-11-27(18)5)20(26-19(15)25-16)28(6)21(29)30-22(2,3)4/h7-11H,1-6H3,(H,25,26). The lowest BCUT2D eigenvalue weighted by atomic mass is 10.1. The number of H-pyrrole nitrogens is 1. The van der Waals surface area contributed by atoms with Crippen molar-refractivity contribution < 1.29 is 13.9 Å². The number of aryl methyl sites for hydroxylation is 2. The Hall–Kier alpha value is -3.42. The number of nitrogens with zero attached hydrogens (tertiary/aromatic N) is 4. The minimum atomic E-state index is -0.631. The van der Waals surface area contributed by atoms with Gasteiger partial charge in [0.05, 0.1) is 11.8 Å². The van der Waals surface area contributed by atoms with Crippen LogP contribution in [0.25, 0.3) is 33.3 Å². The van der Waals surface area contributed by atoms with Crippen molar-refractivity contribution in [3.63, 3.8) is 0 Å². The van der Waals surface area contributed by atoms with E-state index in [2.05, 4.69) is 15.0 Å². The Kier molecular flexibility index (Phi) is 4.52. The van der Waals surface area contributed by atoms with Crippen molar-refractivity contribution in [3.8, 4) is 11.3 Å². The third-order valence-electron chi connectivity index (χ3n) is 4.76. The molecule has 1 N–H and O–H groups in total. The van der Waals surface area contributed by atoms with Gasteiger partial charge in [-0.3, -0.25) is 4.90 Å². The highest BCUT2D eigenvalue weighted by Crippen LogP contribution is 2.33. The first-order valence-electron chi connectivity index (χ1n) is 9.61. The van der Waals surface area contributed by atoms with Gasteiger partial charge in [-0.25, -0.2) is 19.2 Å². The molecule has 0 aliphatic heterocycles. The molecule has 0 radical (unpaired) electrons. The highest BCUT2D eigenvalue weighted by atomic mass is 19.1. The topological polar surface area (TPSA) is 76.0 Å². The molecular formula is C22H24FN5O2. The zero-order valence-corrected chi connectivity index (χ0v) is 17.9. The number of carbonyl (C=O) groups is 1. The smallest absolute Gasteiger partial charge is 0.415 e.